The molecule has 0 N–H and O–H groups in total. The normalized spacial score (nSPS) is 15.7. The van der Waals surface area contributed by atoms with Crippen LogP contribution in [0.1, 0.15) is 38.8 Å². The summed E-state index contributed by atoms with van der Waals surface area (Å²) in [7, 11) is 1.26. The summed E-state index contributed by atoms with van der Waals surface area (Å²) < 4.78 is 4.93. The van der Waals surface area contributed by atoms with E-state index in [9.17, 15) is 14.4 Å². The van der Waals surface area contributed by atoms with Crippen LogP contribution in [0, 0.1) is 6.92 Å². The molecule has 2 aromatic carbocycles. The van der Waals surface area contributed by atoms with Crippen LogP contribution in [0.5, 0.6) is 0 Å². The molecule has 5 nitrogen and oxygen atoms in total. The number of nitrogens with zero attached hydrogens (tertiary/aromatic N) is 1. The molecular weight excluding hydrogens is 318 g/mol. The van der Waals surface area contributed by atoms with Gasteiger partial charge in [0.1, 0.15) is 5.54 Å². The van der Waals surface area contributed by atoms with Crippen LogP contribution < -0.4 is 0 Å². The van der Waals surface area contributed by atoms with Gasteiger partial charge < -0.3 is 4.74 Å². The minimum Gasteiger partial charge on any atom is -0.467 e. The molecule has 3 rings (SSSR count). The molecule has 1 atom stereocenters. The number of benzene rings is 2. The number of amides is 2. The topological polar surface area (TPSA) is 63.7 Å². The van der Waals surface area contributed by atoms with Crippen LogP contribution in [0.2, 0.25) is 0 Å². The maximum atomic E-state index is 12.8. The van der Waals surface area contributed by atoms with Gasteiger partial charge in [-0.3, -0.25) is 14.5 Å². The third kappa shape index (κ3) is 2.71. The third-order valence-electron chi connectivity index (χ3n) is 4.58. The molecule has 128 valence electrons. The highest BCUT2D eigenvalue weighted by atomic mass is 16.5. The molecule has 0 saturated heterocycles. The van der Waals surface area contributed by atoms with Crippen LogP contribution in [-0.4, -0.2) is 35.3 Å². The quantitative estimate of drug-likeness (QED) is 0.636. The van der Waals surface area contributed by atoms with Crippen molar-refractivity contribution in [2.45, 2.75) is 25.8 Å². The monoisotopic (exact) mass is 337 g/mol. The van der Waals surface area contributed by atoms with E-state index >= 15 is 0 Å². The molecule has 0 bridgehead atoms. The molecular formula is C20H19NO4. The average molecular weight is 337 g/mol. The lowest BCUT2D eigenvalue weighted by molar-refractivity contribution is -0.151. The fraction of sp³-hybridized carbons (Fsp3) is 0.250. The first-order valence-electron chi connectivity index (χ1n) is 8.00. The van der Waals surface area contributed by atoms with Crippen LogP contribution in [-0.2, 0) is 16.0 Å². The predicted molar refractivity (Wildman–Crippen MR) is 92.2 cm³/mol. The fourth-order valence-electron chi connectivity index (χ4n) is 3.20. The highest BCUT2D eigenvalue weighted by molar-refractivity contribution is 6.23. The Kier molecular flexibility index (Phi) is 4.17. The van der Waals surface area contributed by atoms with Crippen molar-refractivity contribution in [2.24, 2.45) is 0 Å². The number of esters is 1. The maximum Gasteiger partial charge on any atom is 0.332 e. The molecule has 1 aliphatic heterocycles. The number of rotatable bonds is 4. The molecule has 0 aromatic heterocycles. The van der Waals surface area contributed by atoms with Crippen LogP contribution in [0.25, 0.3) is 0 Å². The summed E-state index contributed by atoms with van der Waals surface area (Å²) in [5, 5.41) is 0. The lowest BCUT2D eigenvalue weighted by Crippen LogP contribution is -2.57. The smallest absolute Gasteiger partial charge is 0.332 e. The van der Waals surface area contributed by atoms with E-state index in [1.165, 1.54) is 7.11 Å². The molecule has 1 heterocycles. The third-order valence-corrected chi connectivity index (χ3v) is 4.58. The Morgan fingerprint density at radius 3 is 2.00 bits per heavy atom. The Hall–Kier alpha value is -2.95. The summed E-state index contributed by atoms with van der Waals surface area (Å²) in [5.41, 5.74) is 1.13. The maximum absolute atomic E-state index is 12.8. The Morgan fingerprint density at radius 1 is 1.00 bits per heavy atom. The second-order valence-electron chi connectivity index (χ2n) is 6.42. The van der Waals surface area contributed by atoms with Gasteiger partial charge in [-0.1, -0.05) is 42.0 Å². The van der Waals surface area contributed by atoms with Crippen LogP contribution >= 0.6 is 0 Å². The number of methoxy groups -OCH3 is 1. The van der Waals surface area contributed by atoms with Gasteiger partial charge in [-0.25, -0.2) is 4.79 Å². The highest BCUT2D eigenvalue weighted by Crippen LogP contribution is 2.32. The van der Waals surface area contributed by atoms with Crippen LogP contribution in [0.3, 0.4) is 0 Å². The van der Waals surface area contributed by atoms with Crippen molar-refractivity contribution in [3.8, 4) is 0 Å². The molecule has 0 radical (unpaired) electrons. The zero-order chi connectivity index (χ0) is 18.2. The molecule has 2 aromatic rings. The van der Waals surface area contributed by atoms with E-state index in [2.05, 4.69) is 0 Å². The summed E-state index contributed by atoms with van der Waals surface area (Å²) in [4.78, 5) is 39.2. The van der Waals surface area contributed by atoms with E-state index < -0.39 is 23.3 Å². The van der Waals surface area contributed by atoms with Crippen molar-refractivity contribution in [2.75, 3.05) is 7.11 Å². The number of hydrogen-bond donors (Lipinski definition) is 0. The zero-order valence-electron chi connectivity index (χ0n) is 14.4. The number of ether oxygens (including phenoxy) is 1. The van der Waals surface area contributed by atoms with Gasteiger partial charge in [0, 0.05) is 6.42 Å². The van der Waals surface area contributed by atoms with E-state index in [4.69, 9.17) is 4.74 Å². The average Bonchev–Trinajstić information content (AvgIpc) is 2.88. The van der Waals surface area contributed by atoms with Crippen molar-refractivity contribution in [1.29, 1.82) is 0 Å². The van der Waals surface area contributed by atoms with E-state index in [-0.39, 0.29) is 6.42 Å². The summed E-state index contributed by atoms with van der Waals surface area (Å²) in [6, 6.07) is 14.2. The van der Waals surface area contributed by atoms with E-state index in [0.29, 0.717) is 11.1 Å². The van der Waals surface area contributed by atoms with Crippen molar-refractivity contribution >= 4 is 17.8 Å². The molecule has 0 spiro atoms. The van der Waals surface area contributed by atoms with Crippen LogP contribution in [0.4, 0.5) is 0 Å². The van der Waals surface area contributed by atoms with Gasteiger partial charge in [-0.2, -0.15) is 0 Å². The molecule has 1 aliphatic rings. The number of fused-ring (bicyclic) bond motifs is 1. The highest BCUT2D eigenvalue weighted by Gasteiger charge is 2.51. The van der Waals surface area contributed by atoms with Gasteiger partial charge in [-0.15, -0.1) is 0 Å². The molecule has 5 heteroatoms. The number of carbonyl (C=O) groups excluding carboxylic acids is 3. The second kappa shape index (κ2) is 6.16. The molecule has 2 amide bonds. The fourth-order valence-corrected chi connectivity index (χ4v) is 3.20. The first-order valence-corrected chi connectivity index (χ1v) is 8.00. The van der Waals surface area contributed by atoms with Crippen molar-refractivity contribution < 1.29 is 19.1 Å². The summed E-state index contributed by atoms with van der Waals surface area (Å²) in [5.74, 6) is -1.57. The Balaban J connectivity index is 2.05. The van der Waals surface area contributed by atoms with Gasteiger partial charge in [-0.05, 0) is 31.5 Å². The Morgan fingerprint density at radius 2 is 1.52 bits per heavy atom. The van der Waals surface area contributed by atoms with Crippen molar-refractivity contribution in [3.05, 3.63) is 70.8 Å². The summed E-state index contributed by atoms with van der Waals surface area (Å²) in [6.07, 6.45) is 0.186. The lowest BCUT2D eigenvalue weighted by Gasteiger charge is -2.34. The van der Waals surface area contributed by atoms with Crippen LogP contribution in [0.15, 0.2) is 48.5 Å². The van der Waals surface area contributed by atoms with Gasteiger partial charge in [0.15, 0.2) is 0 Å². The number of hydrogen-bond acceptors (Lipinski definition) is 4. The molecule has 0 fully saturated rings. The lowest BCUT2D eigenvalue weighted by atomic mass is 9.90. The SMILES string of the molecule is COC(=O)C(C)(Cc1ccc(C)cc1)N1C(=O)c2ccccc2C1=O. The van der Waals surface area contributed by atoms with Gasteiger partial charge >= 0.3 is 5.97 Å². The molecule has 25 heavy (non-hydrogen) atoms. The first kappa shape index (κ1) is 16.9. The zero-order valence-corrected chi connectivity index (χ0v) is 14.4. The van der Waals surface area contributed by atoms with Gasteiger partial charge in [0.05, 0.1) is 18.2 Å². The summed E-state index contributed by atoms with van der Waals surface area (Å²) in [6.45, 7) is 3.54. The van der Waals surface area contributed by atoms with E-state index in [1.807, 2.05) is 31.2 Å². The second-order valence-corrected chi connectivity index (χ2v) is 6.42. The summed E-state index contributed by atoms with van der Waals surface area (Å²) >= 11 is 0. The molecule has 1 unspecified atom stereocenters. The standard InChI is InChI=1S/C20H19NO4/c1-13-8-10-14(11-9-13)12-20(2,19(24)25-3)21-17(22)15-6-4-5-7-16(15)18(21)23/h4-11H,12H2,1-3H3. The minimum absolute atomic E-state index is 0.186. The minimum atomic E-state index is -1.42. The number of imide groups is 1. The van der Waals surface area contributed by atoms with E-state index in [1.54, 1.807) is 31.2 Å². The molecule has 0 saturated carbocycles. The largest absolute Gasteiger partial charge is 0.467 e. The van der Waals surface area contributed by atoms with Crippen molar-refractivity contribution in [3.63, 3.8) is 0 Å². The first-order chi connectivity index (χ1) is 11.9. The Bertz CT molecular complexity index is 821. The predicted octanol–water partition coefficient (Wildman–Crippen LogP) is 2.77. The molecule has 0 aliphatic carbocycles. The number of carbonyl (C=O) groups is 3. The van der Waals surface area contributed by atoms with Gasteiger partial charge in [0.2, 0.25) is 0 Å². The Labute approximate surface area is 146 Å². The van der Waals surface area contributed by atoms with Crippen molar-refractivity contribution in [1.82, 2.24) is 4.90 Å². The van der Waals surface area contributed by atoms with Gasteiger partial charge in [0.25, 0.3) is 11.8 Å². The van der Waals surface area contributed by atoms with E-state index in [0.717, 1.165) is 16.0 Å². The number of aryl methyl sites for hydroxylation is 1.